The normalized spacial score (nSPS) is 16.9. The van der Waals surface area contributed by atoms with Crippen LogP contribution >= 0.6 is 0 Å². The van der Waals surface area contributed by atoms with Crippen molar-refractivity contribution in [1.29, 1.82) is 0 Å². The van der Waals surface area contributed by atoms with Gasteiger partial charge < -0.3 is 81.5 Å². The number of amides is 11. The Morgan fingerprint density at radius 2 is 1.29 bits per heavy atom. The topological polar surface area (TPSA) is 391 Å². The second-order valence-corrected chi connectivity index (χ2v) is 27.3. The molecular formula is C71H113N11O18. The quantitative estimate of drug-likeness (QED) is 0.0246. The van der Waals surface area contributed by atoms with Gasteiger partial charge in [-0.1, -0.05) is 125 Å². The predicted molar refractivity (Wildman–Crippen MR) is 373 cm³/mol. The summed E-state index contributed by atoms with van der Waals surface area (Å²) in [6.45, 7) is 23.0. The summed E-state index contributed by atoms with van der Waals surface area (Å²) in [5.41, 5.74) is 6.15. The molecule has 1 saturated heterocycles. The minimum Gasteiger partial charge on any atom is -0.466 e. The highest BCUT2D eigenvalue weighted by Gasteiger charge is 2.45. The molecule has 10 N–H and O–H groups in total. The van der Waals surface area contributed by atoms with Crippen LogP contribution in [-0.2, 0) is 71.6 Å². The number of anilines is 1. The molecule has 560 valence electrons. The van der Waals surface area contributed by atoms with Gasteiger partial charge in [0, 0.05) is 66.0 Å². The van der Waals surface area contributed by atoms with E-state index in [1.807, 2.05) is 33.8 Å². The van der Waals surface area contributed by atoms with E-state index in [0.717, 1.165) is 12.0 Å². The van der Waals surface area contributed by atoms with Gasteiger partial charge in [0.25, 0.3) is 0 Å². The van der Waals surface area contributed by atoms with Crippen LogP contribution in [0.2, 0.25) is 0 Å². The number of carbonyl (C=O) groups is 12. The molecule has 29 nitrogen and oxygen atoms in total. The summed E-state index contributed by atoms with van der Waals surface area (Å²) in [5, 5.41) is 29.8. The lowest BCUT2D eigenvalue weighted by atomic mass is 9.89. The number of rotatable bonds is 40. The Morgan fingerprint density at radius 1 is 0.680 bits per heavy atom. The first-order valence-corrected chi connectivity index (χ1v) is 34.5. The molecule has 3 rings (SSSR count). The Morgan fingerprint density at radius 3 is 1.83 bits per heavy atom. The molecule has 0 radical (unpaired) electrons. The molecule has 2 aromatic carbocycles. The van der Waals surface area contributed by atoms with Crippen molar-refractivity contribution in [2.45, 2.75) is 214 Å². The number of aliphatic hydroxyl groups is 1. The first-order chi connectivity index (χ1) is 47.0. The lowest BCUT2D eigenvalue weighted by Crippen LogP contribution is -2.60. The fourth-order valence-electron chi connectivity index (χ4n) is 12.1. The van der Waals surface area contributed by atoms with Crippen molar-refractivity contribution in [2.24, 2.45) is 41.2 Å². The number of hydrogen-bond donors (Lipinski definition) is 9. The zero-order valence-electron chi connectivity index (χ0n) is 61.7. The van der Waals surface area contributed by atoms with Crippen molar-refractivity contribution in [3.63, 3.8) is 0 Å². The third kappa shape index (κ3) is 25.9. The molecule has 1 heterocycles. The van der Waals surface area contributed by atoms with Crippen molar-refractivity contribution in [3.05, 3.63) is 65.7 Å². The smallest absolute Gasteiger partial charge is 0.411 e. The number of esters is 2. The Labute approximate surface area is 589 Å². The van der Waals surface area contributed by atoms with E-state index in [0.29, 0.717) is 31.4 Å². The number of nitrogens with zero attached hydrogens (tertiary/aromatic N) is 3. The van der Waals surface area contributed by atoms with E-state index >= 15 is 0 Å². The summed E-state index contributed by atoms with van der Waals surface area (Å²) < 4.78 is 28.1. The molecule has 0 saturated carbocycles. The fourth-order valence-corrected chi connectivity index (χ4v) is 12.1. The van der Waals surface area contributed by atoms with Crippen LogP contribution in [0.25, 0.3) is 0 Å². The predicted octanol–water partition coefficient (Wildman–Crippen LogP) is 4.79. The number of benzene rings is 2. The maximum atomic E-state index is 14.9. The van der Waals surface area contributed by atoms with E-state index in [4.69, 9.17) is 29.4 Å². The van der Waals surface area contributed by atoms with Gasteiger partial charge in [-0.15, -0.1) is 0 Å². The maximum absolute atomic E-state index is 14.9. The Kier molecular flexibility index (Phi) is 36.0. The number of aliphatic hydroxyl groups excluding tert-OH is 1. The molecule has 1 fully saturated rings. The third-order valence-electron chi connectivity index (χ3n) is 18.0. The van der Waals surface area contributed by atoms with Crippen molar-refractivity contribution in [3.8, 4) is 0 Å². The van der Waals surface area contributed by atoms with Crippen LogP contribution in [0, 0.1) is 35.5 Å². The fraction of sp³-hybridized carbons (Fsp3) is 0.662. The minimum absolute atomic E-state index is 0.0304. The number of urea groups is 1. The number of likely N-dealkylation sites (N-methyl/N-ethyl adjacent to an activating group) is 2. The van der Waals surface area contributed by atoms with Crippen LogP contribution in [0.4, 0.5) is 15.3 Å². The molecule has 1 aliphatic rings. The van der Waals surface area contributed by atoms with Crippen LogP contribution in [0.3, 0.4) is 0 Å². The van der Waals surface area contributed by atoms with Crippen molar-refractivity contribution < 1.29 is 86.3 Å². The number of likely N-dealkylation sites (tertiary alicyclic amines) is 1. The highest BCUT2D eigenvalue weighted by molar-refractivity contribution is 5.99. The van der Waals surface area contributed by atoms with Gasteiger partial charge in [0.2, 0.25) is 53.4 Å². The summed E-state index contributed by atoms with van der Waals surface area (Å²) in [7, 11) is 6.95. The maximum Gasteiger partial charge on any atom is 0.411 e. The molecular weight excluding hydrogens is 1290 g/mol. The van der Waals surface area contributed by atoms with Crippen LogP contribution in [0.1, 0.15) is 165 Å². The Bertz CT molecular complexity index is 3030. The summed E-state index contributed by atoms with van der Waals surface area (Å²) in [6, 6.07) is 5.77. The van der Waals surface area contributed by atoms with Crippen molar-refractivity contribution in [2.75, 3.05) is 60.4 Å². The zero-order valence-corrected chi connectivity index (χ0v) is 61.7. The zero-order chi connectivity index (χ0) is 75.4. The lowest BCUT2D eigenvalue weighted by Gasteiger charge is -2.41. The summed E-state index contributed by atoms with van der Waals surface area (Å²) in [4.78, 5) is 167. The summed E-state index contributed by atoms with van der Waals surface area (Å²) >= 11 is 0. The van der Waals surface area contributed by atoms with Crippen LogP contribution in [-0.4, -0.2) is 207 Å². The molecule has 29 heteroatoms. The molecule has 1 unspecified atom stereocenters. The van der Waals surface area contributed by atoms with Gasteiger partial charge in [-0.25, -0.2) is 14.4 Å². The van der Waals surface area contributed by atoms with Crippen molar-refractivity contribution in [1.82, 2.24) is 46.6 Å². The Hall–Kier alpha value is -8.44. The molecule has 2 aromatic rings. The van der Waals surface area contributed by atoms with Crippen molar-refractivity contribution >= 4 is 77.0 Å². The largest absolute Gasteiger partial charge is 0.466 e. The average Bonchev–Trinajstić information content (AvgIpc) is 1.11. The molecule has 0 spiro atoms. The first-order valence-electron chi connectivity index (χ1n) is 34.5. The second kappa shape index (κ2) is 42.0. The van der Waals surface area contributed by atoms with Gasteiger partial charge in [0.05, 0.1) is 62.5 Å². The summed E-state index contributed by atoms with van der Waals surface area (Å²) in [5.74, 6) is -8.75. The van der Waals surface area contributed by atoms with E-state index in [2.05, 4.69) is 37.2 Å². The molecule has 0 aliphatic carbocycles. The molecule has 100 heavy (non-hydrogen) atoms. The van der Waals surface area contributed by atoms with Crippen LogP contribution < -0.4 is 43.0 Å². The number of primary amides is 1. The van der Waals surface area contributed by atoms with E-state index in [1.54, 1.807) is 91.6 Å². The Balaban J connectivity index is 1.82. The number of nitrogens with two attached hydrogens (primary N) is 1. The SMILES string of the molecule is CC[C@H](C)[C@@H]([C@H](CC(=O)N1CCC[C@H]1[C@H](OC)[C@@H](C)C(=O)N[C@H](C)[C@@H](O)c1ccccc1)OC)N(C)C(=O)[C@@H](NC(=O)[C@H](C(C)C)N(C)C(=O)OC(C(=O)OC)c1ccc(NC(=O)[C@H](CCCNC(N)=O)NC(=O)[C@@H](NC(=O)[C@H](CCC(=O)OCC(C)C)NC(C)=O)C(C)C)cc1)C(C)C. The first kappa shape index (κ1) is 85.8. The molecule has 0 aromatic heterocycles. The van der Waals surface area contributed by atoms with E-state index < -0.39 is 156 Å². The molecule has 14 atom stereocenters. The molecule has 1 aliphatic heterocycles. The number of hydrogen-bond acceptors (Lipinski definition) is 18. The van der Waals surface area contributed by atoms with E-state index in [9.17, 15) is 62.6 Å². The van der Waals surface area contributed by atoms with E-state index in [-0.39, 0.29) is 80.2 Å². The highest BCUT2D eigenvalue weighted by Crippen LogP contribution is 2.31. The highest BCUT2D eigenvalue weighted by atomic mass is 16.6. The van der Waals surface area contributed by atoms with Gasteiger partial charge in [-0.2, -0.15) is 0 Å². The third-order valence-corrected chi connectivity index (χ3v) is 18.0. The van der Waals surface area contributed by atoms with Gasteiger partial charge in [0.15, 0.2) is 0 Å². The van der Waals surface area contributed by atoms with Crippen LogP contribution in [0.15, 0.2) is 54.6 Å². The lowest BCUT2D eigenvalue weighted by molar-refractivity contribution is -0.152. The average molecular weight is 1410 g/mol. The van der Waals surface area contributed by atoms with Crippen LogP contribution in [0.5, 0.6) is 0 Å². The monoisotopic (exact) mass is 1410 g/mol. The van der Waals surface area contributed by atoms with Gasteiger partial charge in [-0.3, -0.25) is 48.1 Å². The van der Waals surface area contributed by atoms with Gasteiger partial charge in [-0.05, 0) is 86.3 Å². The summed E-state index contributed by atoms with van der Waals surface area (Å²) in [6.07, 6.45) is -3.88. The number of ether oxygens (including phenoxy) is 5. The molecule has 11 amide bonds. The number of methoxy groups -OCH3 is 3. The van der Waals surface area contributed by atoms with Gasteiger partial charge in [0.1, 0.15) is 30.2 Å². The number of nitrogens with one attached hydrogen (secondary N) is 7. The van der Waals surface area contributed by atoms with Gasteiger partial charge >= 0.3 is 24.1 Å². The second-order valence-electron chi connectivity index (χ2n) is 27.3. The molecule has 0 bridgehead atoms. The minimum atomic E-state index is -1.71. The standard InChI is InChI=1S/C71H113N11O18/c1-19-43(10)59(53(96-16)37-54(84)82-36-24-28-52(82)61(97-17)44(11)63(87)74-45(12)60(86)47-25-21-20-22-26-47)80(14)68(92)57(41(6)7)79-67(91)58(42(8)9)81(15)71(95)100-62(69(93)98-18)48-29-31-49(32-30-48)76-64(88)50(27-23-35-73-70(72)94)77-66(90)56(40(4)5)78-65(89)51(75-46(13)83)33-34-55(85)99-38-39(2)3/h20-22,25-26,29-32,39-45,50-53,56-62,86H,19,23-24,27-28,33-38H2,1-18H3,(H,74,87)(H,75,83)(H,76,88)(H,77,90)(H,78,89)(H,79,91)(H3,72,73,94)/t43-,44+,45+,50-,51-,52-,53-,56-,57-,58-,59-,60+,61+,62?/m0/s1. The number of carbonyl (C=O) groups excluding carboxylic acids is 12. The van der Waals surface area contributed by atoms with E-state index in [1.165, 1.54) is 57.4 Å².